The lowest BCUT2D eigenvalue weighted by Gasteiger charge is -2.34. The summed E-state index contributed by atoms with van der Waals surface area (Å²) in [5, 5.41) is 9.71. The van der Waals surface area contributed by atoms with Crippen LogP contribution in [0.1, 0.15) is 42.9 Å². The Morgan fingerprint density at radius 2 is 2.00 bits per heavy atom. The van der Waals surface area contributed by atoms with Crippen LogP contribution in [0.3, 0.4) is 0 Å². The van der Waals surface area contributed by atoms with Crippen molar-refractivity contribution in [3.05, 3.63) is 34.9 Å². The van der Waals surface area contributed by atoms with Gasteiger partial charge in [0.1, 0.15) is 0 Å². The molecular formula is C18H27NO2. The van der Waals surface area contributed by atoms with Gasteiger partial charge >= 0.3 is 0 Å². The Balaban J connectivity index is 1.89. The van der Waals surface area contributed by atoms with Gasteiger partial charge in [-0.25, -0.2) is 0 Å². The minimum atomic E-state index is -0.319. The van der Waals surface area contributed by atoms with E-state index in [0.29, 0.717) is 13.0 Å². The molecule has 1 aliphatic rings. The summed E-state index contributed by atoms with van der Waals surface area (Å²) in [5.41, 5.74) is 3.75. The van der Waals surface area contributed by atoms with Crippen molar-refractivity contribution in [1.82, 2.24) is 4.90 Å². The molecule has 1 heterocycles. The molecule has 0 spiro atoms. The van der Waals surface area contributed by atoms with Gasteiger partial charge in [0.05, 0.1) is 6.10 Å². The molecule has 1 aliphatic heterocycles. The van der Waals surface area contributed by atoms with E-state index in [1.165, 1.54) is 16.7 Å². The van der Waals surface area contributed by atoms with E-state index in [4.69, 9.17) is 0 Å². The molecule has 2 atom stereocenters. The number of amides is 1. The number of nitrogens with zero attached hydrogens (tertiary/aromatic N) is 1. The molecule has 1 aromatic rings. The third-order valence-corrected chi connectivity index (χ3v) is 4.40. The van der Waals surface area contributed by atoms with Crippen molar-refractivity contribution in [2.75, 3.05) is 13.1 Å². The van der Waals surface area contributed by atoms with Gasteiger partial charge in [0.15, 0.2) is 0 Å². The van der Waals surface area contributed by atoms with E-state index in [-0.39, 0.29) is 17.9 Å². The zero-order valence-corrected chi connectivity index (χ0v) is 13.4. The van der Waals surface area contributed by atoms with Crippen LogP contribution in [-0.4, -0.2) is 35.1 Å². The van der Waals surface area contributed by atoms with Crippen LogP contribution in [0.2, 0.25) is 0 Å². The predicted octanol–water partition coefficient (Wildman–Crippen LogP) is 2.86. The molecule has 1 amide bonds. The highest BCUT2D eigenvalue weighted by molar-refractivity contribution is 5.76. The van der Waals surface area contributed by atoms with Crippen LogP contribution < -0.4 is 0 Å². The summed E-state index contributed by atoms with van der Waals surface area (Å²) < 4.78 is 0. The largest absolute Gasteiger partial charge is 0.393 e. The quantitative estimate of drug-likeness (QED) is 0.926. The maximum absolute atomic E-state index is 12.4. The second-order valence-corrected chi connectivity index (χ2v) is 6.48. The van der Waals surface area contributed by atoms with E-state index >= 15 is 0 Å². The Kier molecular flexibility index (Phi) is 5.40. The molecule has 3 nitrogen and oxygen atoms in total. The van der Waals surface area contributed by atoms with Gasteiger partial charge in [-0.15, -0.1) is 0 Å². The van der Waals surface area contributed by atoms with Gasteiger partial charge in [0.2, 0.25) is 5.91 Å². The standard InChI is InChI=1S/C18H27NO2/c1-13-9-14(2)11-16(10-13)6-7-18(21)19-8-4-5-17(12-19)15(3)20/h9-11,15,17,20H,4-8,12H2,1-3H3. The number of likely N-dealkylation sites (tertiary alicyclic amines) is 1. The lowest BCUT2D eigenvalue weighted by Crippen LogP contribution is -2.43. The van der Waals surface area contributed by atoms with Crippen molar-refractivity contribution < 1.29 is 9.90 Å². The smallest absolute Gasteiger partial charge is 0.222 e. The molecule has 3 heteroatoms. The molecule has 0 bridgehead atoms. The predicted molar refractivity (Wildman–Crippen MR) is 85.2 cm³/mol. The Labute approximate surface area is 128 Å². The molecular weight excluding hydrogens is 262 g/mol. The van der Waals surface area contributed by atoms with Crippen LogP contribution in [0.25, 0.3) is 0 Å². The normalized spacial score (nSPS) is 20.4. The molecule has 1 aromatic carbocycles. The first-order valence-electron chi connectivity index (χ1n) is 7.98. The lowest BCUT2D eigenvalue weighted by molar-refractivity contribution is -0.133. The summed E-state index contributed by atoms with van der Waals surface area (Å²) in [6.45, 7) is 7.57. The van der Waals surface area contributed by atoms with Gasteiger partial charge in [-0.1, -0.05) is 29.3 Å². The zero-order valence-electron chi connectivity index (χ0n) is 13.4. The van der Waals surface area contributed by atoms with E-state index in [9.17, 15) is 9.90 Å². The van der Waals surface area contributed by atoms with Crippen LogP contribution in [-0.2, 0) is 11.2 Å². The average molecular weight is 289 g/mol. The van der Waals surface area contributed by atoms with Crippen LogP contribution >= 0.6 is 0 Å². The fraction of sp³-hybridized carbons (Fsp3) is 0.611. The average Bonchev–Trinajstić information content (AvgIpc) is 2.44. The summed E-state index contributed by atoms with van der Waals surface area (Å²) in [4.78, 5) is 14.3. The number of rotatable bonds is 4. The SMILES string of the molecule is Cc1cc(C)cc(CCC(=O)N2CCCC(C(C)O)C2)c1. The number of hydrogen-bond donors (Lipinski definition) is 1. The summed E-state index contributed by atoms with van der Waals surface area (Å²) in [6.07, 6.45) is 3.08. The van der Waals surface area contributed by atoms with Gasteiger partial charge in [-0.2, -0.15) is 0 Å². The number of benzene rings is 1. The van der Waals surface area contributed by atoms with E-state index < -0.39 is 0 Å². The molecule has 0 aliphatic carbocycles. The van der Waals surface area contributed by atoms with Crippen LogP contribution in [0, 0.1) is 19.8 Å². The van der Waals surface area contributed by atoms with Crippen molar-refractivity contribution in [2.24, 2.45) is 5.92 Å². The van der Waals surface area contributed by atoms with Crippen LogP contribution in [0.4, 0.5) is 0 Å². The highest BCUT2D eigenvalue weighted by Crippen LogP contribution is 2.21. The molecule has 1 fully saturated rings. The van der Waals surface area contributed by atoms with E-state index in [0.717, 1.165) is 25.8 Å². The van der Waals surface area contributed by atoms with Crippen molar-refractivity contribution in [3.63, 3.8) is 0 Å². The zero-order chi connectivity index (χ0) is 15.4. The topological polar surface area (TPSA) is 40.5 Å². The summed E-state index contributed by atoms with van der Waals surface area (Å²) in [5.74, 6) is 0.462. The van der Waals surface area contributed by atoms with Crippen LogP contribution in [0.5, 0.6) is 0 Å². The third kappa shape index (κ3) is 4.57. The number of aryl methyl sites for hydroxylation is 3. The second kappa shape index (κ2) is 7.08. The number of hydrogen-bond acceptors (Lipinski definition) is 2. The summed E-state index contributed by atoms with van der Waals surface area (Å²) >= 11 is 0. The Hall–Kier alpha value is -1.35. The van der Waals surface area contributed by atoms with Crippen LogP contribution in [0.15, 0.2) is 18.2 Å². The van der Waals surface area contributed by atoms with Crippen molar-refractivity contribution in [1.29, 1.82) is 0 Å². The number of aliphatic hydroxyl groups is 1. The molecule has 0 aromatic heterocycles. The first-order chi connectivity index (χ1) is 9.95. The molecule has 116 valence electrons. The van der Waals surface area contributed by atoms with Crippen molar-refractivity contribution >= 4 is 5.91 Å². The maximum atomic E-state index is 12.4. The number of carbonyl (C=O) groups is 1. The number of carbonyl (C=O) groups excluding carboxylic acids is 1. The first kappa shape index (κ1) is 16.0. The van der Waals surface area contributed by atoms with Crippen molar-refractivity contribution in [3.8, 4) is 0 Å². The lowest BCUT2D eigenvalue weighted by atomic mass is 9.93. The Bertz CT molecular complexity index is 476. The van der Waals surface area contributed by atoms with E-state index in [1.54, 1.807) is 0 Å². The molecule has 0 saturated carbocycles. The van der Waals surface area contributed by atoms with Gasteiger partial charge in [-0.3, -0.25) is 4.79 Å². The third-order valence-electron chi connectivity index (χ3n) is 4.40. The minimum Gasteiger partial charge on any atom is -0.393 e. The molecule has 1 saturated heterocycles. The number of piperidine rings is 1. The first-order valence-corrected chi connectivity index (χ1v) is 7.98. The highest BCUT2D eigenvalue weighted by Gasteiger charge is 2.26. The molecule has 21 heavy (non-hydrogen) atoms. The van der Waals surface area contributed by atoms with Gasteiger partial charge in [0, 0.05) is 25.4 Å². The number of aliphatic hydroxyl groups excluding tert-OH is 1. The second-order valence-electron chi connectivity index (χ2n) is 6.48. The molecule has 1 N–H and O–H groups in total. The molecule has 2 unspecified atom stereocenters. The van der Waals surface area contributed by atoms with Gasteiger partial charge in [-0.05, 0) is 45.6 Å². The minimum absolute atomic E-state index is 0.222. The summed E-state index contributed by atoms with van der Waals surface area (Å²) in [7, 11) is 0. The van der Waals surface area contributed by atoms with Crippen molar-refractivity contribution in [2.45, 2.75) is 52.6 Å². The van der Waals surface area contributed by atoms with E-state index in [1.807, 2.05) is 11.8 Å². The summed E-state index contributed by atoms with van der Waals surface area (Å²) in [6, 6.07) is 6.48. The fourth-order valence-corrected chi connectivity index (χ4v) is 3.25. The maximum Gasteiger partial charge on any atom is 0.222 e. The molecule has 0 radical (unpaired) electrons. The van der Waals surface area contributed by atoms with Gasteiger partial charge in [0.25, 0.3) is 0 Å². The Morgan fingerprint density at radius 1 is 1.33 bits per heavy atom. The highest BCUT2D eigenvalue weighted by atomic mass is 16.3. The van der Waals surface area contributed by atoms with Gasteiger partial charge < -0.3 is 10.0 Å². The fourth-order valence-electron chi connectivity index (χ4n) is 3.25. The van der Waals surface area contributed by atoms with E-state index in [2.05, 4.69) is 32.0 Å². The Morgan fingerprint density at radius 3 is 2.62 bits per heavy atom. The molecule has 2 rings (SSSR count). The monoisotopic (exact) mass is 289 g/mol.